The third-order valence-electron chi connectivity index (χ3n) is 12.2. The topological polar surface area (TPSA) is 163 Å². The van der Waals surface area contributed by atoms with E-state index in [2.05, 4.69) is 13.0 Å². The first kappa shape index (κ1) is 35.7. The average molecular weight is 657 g/mol. The number of hydrogen-bond donors (Lipinski definition) is 4. The third kappa shape index (κ3) is 4.96. The van der Waals surface area contributed by atoms with Gasteiger partial charge in [-0.3, -0.25) is 9.59 Å². The van der Waals surface area contributed by atoms with Crippen LogP contribution in [-0.2, 0) is 28.6 Å². The van der Waals surface area contributed by atoms with Crippen LogP contribution in [0, 0.1) is 35.0 Å². The van der Waals surface area contributed by atoms with Crippen LogP contribution in [0.3, 0.4) is 0 Å². The molecule has 3 saturated carbocycles. The van der Waals surface area contributed by atoms with E-state index in [-0.39, 0.29) is 5.57 Å². The third-order valence-corrected chi connectivity index (χ3v) is 12.2. The fourth-order valence-corrected chi connectivity index (χ4v) is 9.21. The number of ketones is 1. The highest BCUT2D eigenvalue weighted by Gasteiger charge is 2.93. The molecule has 0 aromatic carbocycles. The van der Waals surface area contributed by atoms with Gasteiger partial charge in [-0.15, -0.1) is 0 Å². The van der Waals surface area contributed by atoms with Crippen LogP contribution in [0.15, 0.2) is 48.1 Å². The van der Waals surface area contributed by atoms with Crippen LogP contribution < -0.4 is 0 Å². The number of hydrogen-bond acceptors (Lipinski definition) is 10. The van der Waals surface area contributed by atoms with Gasteiger partial charge in [0.1, 0.15) is 17.8 Å². The molecule has 5 aliphatic rings. The van der Waals surface area contributed by atoms with Gasteiger partial charge in [0.25, 0.3) is 0 Å². The van der Waals surface area contributed by atoms with Crippen molar-refractivity contribution in [3.05, 3.63) is 48.1 Å². The lowest BCUT2D eigenvalue weighted by Gasteiger charge is -2.53. The van der Waals surface area contributed by atoms with E-state index < -0.39 is 100 Å². The Labute approximate surface area is 277 Å². The zero-order valence-electron chi connectivity index (χ0n) is 28.6. The second-order valence-electron chi connectivity index (χ2n) is 15.0. The van der Waals surface area contributed by atoms with E-state index in [1.807, 2.05) is 32.9 Å². The number of unbranched alkanes of at least 4 members (excludes halogenated alkanes) is 3. The van der Waals surface area contributed by atoms with Gasteiger partial charge in [-0.2, -0.15) is 0 Å². The van der Waals surface area contributed by atoms with E-state index in [0.29, 0.717) is 6.42 Å². The van der Waals surface area contributed by atoms with Crippen LogP contribution in [0.1, 0.15) is 80.6 Å². The molecule has 0 radical (unpaired) electrons. The van der Waals surface area contributed by atoms with E-state index in [0.717, 1.165) is 19.3 Å². The highest BCUT2D eigenvalue weighted by molar-refractivity contribution is 6.05. The number of rotatable bonds is 12. The van der Waals surface area contributed by atoms with Crippen LogP contribution >= 0.6 is 0 Å². The molecule has 12 atom stereocenters. The number of fused-ring (bicyclic) bond motifs is 7. The number of aliphatic hydroxyl groups excluding tert-OH is 2. The number of Topliss-reactive ketones (excluding diaryl/α,β-unsaturated/α-hetero) is 1. The van der Waals surface area contributed by atoms with Gasteiger partial charge in [0.15, 0.2) is 17.0 Å². The van der Waals surface area contributed by atoms with Crippen molar-refractivity contribution in [2.24, 2.45) is 35.0 Å². The lowest BCUT2D eigenvalue weighted by atomic mass is 9.58. The quantitative estimate of drug-likeness (QED) is 0.0804. The summed E-state index contributed by atoms with van der Waals surface area (Å²) in [6, 6.07) is 0. The minimum atomic E-state index is -2.50. The normalized spacial score (nSPS) is 43.5. The maximum atomic E-state index is 13.5. The average Bonchev–Trinajstić information content (AvgIpc) is 3.86. The molecular weight excluding hydrogens is 604 g/mol. The van der Waals surface area contributed by atoms with Crippen LogP contribution in [0.25, 0.3) is 0 Å². The van der Waals surface area contributed by atoms with Crippen LogP contribution in [0.5, 0.6) is 0 Å². The van der Waals surface area contributed by atoms with Gasteiger partial charge >= 0.3 is 11.9 Å². The maximum absolute atomic E-state index is 13.5. The molecule has 47 heavy (non-hydrogen) atoms. The van der Waals surface area contributed by atoms with Crippen molar-refractivity contribution >= 4 is 17.7 Å². The largest absolute Gasteiger partial charge is 0.455 e. The molecule has 0 bridgehead atoms. The maximum Gasteiger partial charge on any atom is 0.331 e. The Morgan fingerprint density at radius 3 is 2.43 bits per heavy atom. The molecule has 12 unspecified atom stereocenters. The summed E-state index contributed by atoms with van der Waals surface area (Å²) in [5, 5.41) is 47.2. The second-order valence-corrected chi connectivity index (χ2v) is 15.0. The van der Waals surface area contributed by atoms with Crippen molar-refractivity contribution in [3.8, 4) is 0 Å². The van der Waals surface area contributed by atoms with Crippen molar-refractivity contribution in [1.29, 1.82) is 0 Å². The minimum absolute atomic E-state index is 0.154. The molecule has 0 aromatic heterocycles. The van der Waals surface area contributed by atoms with E-state index >= 15 is 0 Å². The van der Waals surface area contributed by atoms with E-state index in [1.165, 1.54) is 25.5 Å². The Bertz CT molecular complexity index is 1390. The van der Waals surface area contributed by atoms with Crippen molar-refractivity contribution in [3.63, 3.8) is 0 Å². The molecule has 260 valence electrons. The predicted octanol–water partition coefficient (Wildman–Crippen LogP) is 3.51. The van der Waals surface area contributed by atoms with Gasteiger partial charge in [0, 0.05) is 35.2 Å². The van der Waals surface area contributed by atoms with E-state index in [4.69, 9.17) is 14.2 Å². The molecule has 1 heterocycles. The first-order chi connectivity index (χ1) is 22.1. The number of allylic oxidation sites excluding steroid dienone is 5. The Hall–Kier alpha value is -2.63. The Morgan fingerprint density at radius 2 is 1.79 bits per heavy atom. The highest BCUT2D eigenvalue weighted by atomic mass is 16.6. The Kier molecular flexibility index (Phi) is 9.38. The summed E-state index contributed by atoms with van der Waals surface area (Å²) in [6.07, 6.45) is 12.7. The van der Waals surface area contributed by atoms with Crippen molar-refractivity contribution in [1.82, 2.24) is 0 Å². The molecule has 1 saturated heterocycles. The van der Waals surface area contributed by atoms with Gasteiger partial charge < -0.3 is 34.6 Å². The molecule has 4 fully saturated rings. The van der Waals surface area contributed by atoms with E-state index in [9.17, 15) is 34.8 Å². The number of esters is 2. The van der Waals surface area contributed by atoms with Crippen molar-refractivity contribution in [2.45, 2.75) is 121 Å². The first-order valence-corrected chi connectivity index (χ1v) is 17.2. The number of ether oxygens (including phenoxy) is 3. The summed E-state index contributed by atoms with van der Waals surface area (Å²) < 4.78 is 18.5. The zero-order valence-corrected chi connectivity index (χ0v) is 28.6. The summed E-state index contributed by atoms with van der Waals surface area (Å²) in [5.74, 6) is -6.35. The first-order valence-electron chi connectivity index (χ1n) is 17.2. The zero-order chi connectivity index (χ0) is 34.7. The molecule has 4 N–H and O–H groups in total. The predicted molar refractivity (Wildman–Crippen MR) is 172 cm³/mol. The highest BCUT2D eigenvalue weighted by Crippen LogP contribution is 2.80. The number of epoxide rings is 1. The summed E-state index contributed by atoms with van der Waals surface area (Å²) in [7, 11) is 0. The van der Waals surface area contributed by atoms with Gasteiger partial charge in [-0.25, -0.2) is 4.79 Å². The fraction of sp³-hybridized carbons (Fsp3) is 0.703. The second kappa shape index (κ2) is 12.4. The van der Waals surface area contributed by atoms with Crippen molar-refractivity contribution < 1.29 is 49.0 Å². The van der Waals surface area contributed by atoms with Gasteiger partial charge in [-0.1, -0.05) is 90.8 Å². The Morgan fingerprint density at radius 1 is 1.11 bits per heavy atom. The molecule has 0 spiro atoms. The van der Waals surface area contributed by atoms with Crippen molar-refractivity contribution in [2.75, 3.05) is 6.61 Å². The summed E-state index contributed by atoms with van der Waals surface area (Å²) in [4.78, 5) is 40.4. The lowest BCUT2D eigenvalue weighted by Crippen LogP contribution is -2.69. The lowest BCUT2D eigenvalue weighted by molar-refractivity contribution is -0.244. The Balaban J connectivity index is 1.55. The molecule has 0 aromatic rings. The number of carbonyl (C=O) groups is 3. The number of aliphatic hydroxyl groups is 4. The van der Waals surface area contributed by atoms with Gasteiger partial charge in [0.05, 0.1) is 24.2 Å². The molecular formula is C37H52O10. The molecule has 10 nitrogen and oxygen atoms in total. The minimum Gasteiger partial charge on any atom is -0.455 e. The van der Waals surface area contributed by atoms with E-state index in [1.54, 1.807) is 26.0 Å². The summed E-state index contributed by atoms with van der Waals surface area (Å²) >= 11 is 0. The molecule has 10 heteroatoms. The summed E-state index contributed by atoms with van der Waals surface area (Å²) in [5.41, 5.74) is -8.33. The van der Waals surface area contributed by atoms with Gasteiger partial charge in [-0.05, 0) is 31.8 Å². The van der Waals surface area contributed by atoms with Crippen LogP contribution in [-0.4, -0.2) is 85.5 Å². The fourth-order valence-electron chi connectivity index (χ4n) is 9.21. The SMILES string of the molecule is CCCCC/C=C/C=C/C=C\C(=O)OC1C(C)C2(O)C(C3OC3(CO)C(O)C3(O)C(=O)C(C)=CC32)C2C(C)(C)C12OC(=O)C(C)CC. The number of carbonyl (C=O) groups excluding carboxylic acids is 3. The monoisotopic (exact) mass is 656 g/mol. The van der Waals surface area contributed by atoms with Crippen LogP contribution in [0.4, 0.5) is 0 Å². The standard InChI is InChI=1S/C37H52O10/c1-8-10-11-12-13-14-15-16-17-18-25(39)45-29-23(5)35(43)24-19-22(4)28(40)36(24,44)32(42)34(20-38)30(46-34)26(35)27-33(6,7)37(27,29)47-31(41)21(3)9-2/h13-19,21,23-24,26-27,29-30,32,38,42-44H,8-12,20H2,1-7H3/b14-13+,16-15+,18-17-. The summed E-state index contributed by atoms with van der Waals surface area (Å²) in [6.45, 7) is 11.9. The molecule has 4 aliphatic carbocycles. The molecule has 1 aliphatic heterocycles. The van der Waals surface area contributed by atoms with Gasteiger partial charge in [0.2, 0.25) is 0 Å². The molecule has 5 rings (SSSR count). The molecule has 0 amide bonds. The van der Waals surface area contributed by atoms with Crippen LogP contribution in [0.2, 0.25) is 0 Å². The smallest absolute Gasteiger partial charge is 0.331 e.